The molecule has 2 heteroatoms. The molecule has 18 heavy (non-hydrogen) atoms. The zero-order chi connectivity index (χ0) is 12.8. The summed E-state index contributed by atoms with van der Waals surface area (Å²) in [7, 11) is 0. The van der Waals surface area contributed by atoms with Gasteiger partial charge in [0, 0.05) is 11.5 Å². The molecule has 0 N–H and O–H groups in total. The highest BCUT2D eigenvalue weighted by atomic mass is 15.1. The van der Waals surface area contributed by atoms with Crippen molar-refractivity contribution >= 4 is 10.8 Å². The number of likely N-dealkylation sites (N-methyl/N-ethyl adjacent to an activating group) is 1. The molecule has 0 aliphatic rings. The second kappa shape index (κ2) is 6.50. The van der Waals surface area contributed by atoms with E-state index in [-0.39, 0.29) is 0 Å². The number of pyridine rings is 1. The zero-order valence-electron chi connectivity index (χ0n) is 11.5. The SMILES string of the molecule is CCCN(CC)CC[n+]1ccc2ccccc2c1. The lowest BCUT2D eigenvalue weighted by atomic mass is 10.2. The van der Waals surface area contributed by atoms with Crippen molar-refractivity contribution in [2.75, 3.05) is 19.6 Å². The Hall–Kier alpha value is -1.41. The van der Waals surface area contributed by atoms with E-state index in [0.29, 0.717) is 0 Å². The van der Waals surface area contributed by atoms with Crippen LogP contribution in [0.5, 0.6) is 0 Å². The molecule has 0 saturated heterocycles. The van der Waals surface area contributed by atoms with Gasteiger partial charge in [0.2, 0.25) is 0 Å². The van der Waals surface area contributed by atoms with Gasteiger partial charge in [-0.3, -0.25) is 4.90 Å². The summed E-state index contributed by atoms with van der Waals surface area (Å²) in [5.74, 6) is 0. The van der Waals surface area contributed by atoms with Crippen LogP contribution in [0.2, 0.25) is 0 Å². The molecule has 0 saturated carbocycles. The minimum absolute atomic E-state index is 1.07. The van der Waals surface area contributed by atoms with E-state index >= 15 is 0 Å². The Balaban J connectivity index is 2.03. The van der Waals surface area contributed by atoms with Gasteiger partial charge in [0.25, 0.3) is 0 Å². The largest absolute Gasteiger partial charge is 0.298 e. The van der Waals surface area contributed by atoms with Gasteiger partial charge in [-0.1, -0.05) is 32.0 Å². The average molecular weight is 243 g/mol. The summed E-state index contributed by atoms with van der Waals surface area (Å²) in [4.78, 5) is 2.50. The lowest BCUT2D eigenvalue weighted by molar-refractivity contribution is -0.695. The van der Waals surface area contributed by atoms with Crippen molar-refractivity contribution in [3.8, 4) is 0 Å². The fourth-order valence-electron chi connectivity index (χ4n) is 2.32. The molecule has 0 amide bonds. The molecule has 0 bridgehead atoms. The van der Waals surface area contributed by atoms with E-state index in [1.54, 1.807) is 0 Å². The number of hydrogen-bond acceptors (Lipinski definition) is 1. The molecule has 0 radical (unpaired) electrons. The monoisotopic (exact) mass is 243 g/mol. The van der Waals surface area contributed by atoms with Crippen LogP contribution in [0.4, 0.5) is 0 Å². The number of benzene rings is 1. The van der Waals surface area contributed by atoms with E-state index < -0.39 is 0 Å². The standard InChI is InChI=1S/C16H23N2/c1-3-10-17(4-2)12-13-18-11-9-15-7-5-6-8-16(15)14-18/h5-9,11,14H,3-4,10,12-13H2,1-2H3/q+1. The molecule has 2 rings (SSSR count). The maximum Gasteiger partial charge on any atom is 0.176 e. The van der Waals surface area contributed by atoms with Crippen molar-refractivity contribution < 1.29 is 4.57 Å². The number of nitrogens with zero attached hydrogens (tertiary/aromatic N) is 2. The Morgan fingerprint density at radius 1 is 1.00 bits per heavy atom. The first-order chi connectivity index (χ1) is 8.83. The van der Waals surface area contributed by atoms with Crippen LogP contribution in [0.15, 0.2) is 42.7 Å². The molecule has 0 aliphatic carbocycles. The van der Waals surface area contributed by atoms with E-state index in [0.717, 1.165) is 19.6 Å². The first-order valence-corrected chi connectivity index (χ1v) is 6.93. The smallest absolute Gasteiger partial charge is 0.176 e. The summed E-state index contributed by atoms with van der Waals surface area (Å²) < 4.78 is 2.29. The van der Waals surface area contributed by atoms with Gasteiger partial charge < -0.3 is 0 Å². The van der Waals surface area contributed by atoms with Gasteiger partial charge in [0.1, 0.15) is 0 Å². The molecule has 96 valence electrons. The van der Waals surface area contributed by atoms with Gasteiger partial charge in [-0.05, 0) is 31.0 Å². The minimum atomic E-state index is 1.07. The zero-order valence-corrected chi connectivity index (χ0v) is 11.5. The van der Waals surface area contributed by atoms with Crippen molar-refractivity contribution in [3.05, 3.63) is 42.7 Å². The third-order valence-corrected chi connectivity index (χ3v) is 3.41. The lowest BCUT2D eigenvalue weighted by Gasteiger charge is -2.17. The van der Waals surface area contributed by atoms with E-state index in [9.17, 15) is 0 Å². The third-order valence-electron chi connectivity index (χ3n) is 3.41. The molecular formula is C16H23N2+. The normalized spacial score (nSPS) is 11.3. The fraction of sp³-hybridized carbons (Fsp3) is 0.438. The average Bonchev–Trinajstić information content (AvgIpc) is 2.43. The van der Waals surface area contributed by atoms with E-state index in [4.69, 9.17) is 0 Å². The quantitative estimate of drug-likeness (QED) is 0.708. The van der Waals surface area contributed by atoms with E-state index in [1.165, 1.54) is 23.7 Å². The molecule has 0 atom stereocenters. The summed E-state index contributed by atoms with van der Waals surface area (Å²) in [6.45, 7) is 9.02. The molecule has 0 spiro atoms. The molecule has 1 heterocycles. The van der Waals surface area contributed by atoms with Crippen LogP contribution in [-0.2, 0) is 6.54 Å². The molecule has 1 aromatic carbocycles. The van der Waals surface area contributed by atoms with Crippen molar-refractivity contribution in [3.63, 3.8) is 0 Å². The first kappa shape index (κ1) is 13.0. The van der Waals surface area contributed by atoms with Crippen LogP contribution in [0, 0.1) is 0 Å². The predicted molar refractivity (Wildman–Crippen MR) is 76.5 cm³/mol. The molecule has 1 aromatic heterocycles. The molecule has 0 aliphatic heterocycles. The maximum atomic E-state index is 2.50. The second-order valence-electron chi connectivity index (χ2n) is 4.75. The highest BCUT2D eigenvalue weighted by Gasteiger charge is 2.06. The summed E-state index contributed by atoms with van der Waals surface area (Å²) >= 11 is 0. The van der Waals surface area contributed by atoms with Gasteiger partial charge in [-0.25, -0.2) is 4.57 Å². The highest BCUT2D eigenvalue weighted by molar-refractivity contribution is 5.80. The molecule has 0 unspecified atom stereocenters. The maximum absolute atomic E-state index is 2.50. The first-order valence-electron chi connectivity index (χ1n) is 6.93. The molecular weight excluding hydrogens is 220 g/mol. The number of aromatic nitrogens is 1. The molecule has 2 nitrogen and oxygen atoms in total. The van der Waals surface area contributed by atoms with E-state index in [2.05, 4.69) is 66.0 Å². The van der Waals surface area contributed by atoms with Crippen LogP contribution in [0.3, 0.4) is 0 Å². The Morgan fingerprint density at radius 3 is 2.50 bits per heavy atom. The van der Waals surface area contributed by atoms with Crippen LogP contribution < -0.4 is 4.57 Å². The summed E-state index contributed by atoms with van der Waals surface area (Å²) in [5, 5.41) is 2.63. The van der Waals surface area contributed by atoms with Gasteiger partial charge in [-0.2, -0.15) is 0 Å². The predicted octanol–water partition coefficient (Wildman–Crippen LogP) is 2.86. The molecule has 2 aromatic rings. The van der Waals surface area contributed by atoms with Crippen LogP contribution in [-0.4, -0.2) is 24.5 Å². The highest BCUT2D eigenvalue weighted by Crippen LogP contribution is 2.09. The second-order valence-corrected chi connectivity index (χ2v) is 4.75. The minimum Gasteiger partial charge on any atom is -0.298 e. The van der Waals surface area contributed by atoms with Crippen molar-refractivity contribution in [2.45, 2.75) is 26.8 Å². The number of rotatable bonds is 6. The van der Waals surface area contributed by atoms with Crippen LogP contribution in [0.25, 0.3) is 10.8 Å². The third kappa shape index (κ3) is 3.30. The van der Waals surface area contributed by atoms with Gasteiger partial charge >= 0.3 is 0 Å². The van der Waals surface area contributed by atoms with E-state index in [1.807, 2.05) is 0 Å². The van der Waals surface area contributed by atoms with Crippen molar-refractivity contribution in [2.24, 2.45) is 0 Å². The summed E-state index contributed by atoms with van der Waals surface area (Å²) in [5.41, 5.74) is 0. The Kier molecular flexibility index (Phi) is 4.71. The van der Waals surface area contributed by atoms with Crippen LogP contribution >= 0.6 is 0 Å². The topological polar surface area (TPSA) is 7.12 Å². The van der Waals surface area contributed by atoms with Gasteiger partial charge in [0.05, 0.1) is 6.54 Å². The Labute approximate surface area is 110 Å². The van der Waals surface area contributed by atoms with Crippen LogP contribution in [0.1, 0.15) is 20.3 Å². The van der Waals surface area contributed by atoms with Crippen molar-refractivity contribution in [1.29, 1.82) is 0 Å². The lowest BCUT2D eigenvalue weighted by Crippen LogP contribution is -2.40. The summed E-state index contributed by atoms with van der Waals surface area (Å²) in [6.07, 6.45) is 5.66. The van der Waals surface area contributed by atoms with Gasteiger partial charge in [0.15, 0.2) is 18.9 Å². The number of fused-ring (bicyclic) bond motifs is 1. The van der Waals surface area contributed by atoms with Crippen molar-refractivity contribution in [1.82, 2.24) is 4.90 Å². The fourth-order valence-corrected chi connectivity index (χ4v) is 2.32. The molecule has 0 fully saturated rings. The Bertz CT molecular complexity index is 493. The van der Waals surface area contributed by atoms with Gasteiger partial charge in [-0.15, -0.1) is 0 Å². The number of hydrogen-bond donors (Lipinski definition) is 0. The summed E-state index contributed by atoms with van der Waals surface area (Å²) in [6, 6.07) is 10.7. The Morgan fingerprint density at radius 2 is 1.78 bits per heavy atom.